The van der Waals surface area contributed by atoms with Crippen molar-refractivity contribution in [1.29, 1.82) is 0 Å². The lowest BCUT2D eigenvalue weighted by atomic mass is 9.85. The molecule has 1 amide bonds. The van der Waals surface area contributed by atoms with E-state index in [2.05, 4.69) is 10.3 Å². The monoisotopic (exact) mass is 346 g/mol. The van der Waals surface area contributed by atoms with Gasteiger partial charge >= 0.3 is 5.97 Å². The summed E-state index contributed by atoms with van der Waals surface area (Å²) in [6, 6.07) is 20.6. The first kappa shape index (κ1) is 17.4. The van der Waals surface area contributed by atoms with E-state index in [4.69, 9.17) is 0 Å². The highest BCUT2D eigenvalue weighted by atomic mass is 16.4. The summed E-state index contributed by atoms with van der Waals surface area (Å²) >= 11 is 0. The minimum atomic E-state index is -1.11. The molecule has 0 saturated carbocycles. The zero-order chi connectivity index (χ0) is 18.4. The summed E-state index contributed by atoms with van der Waals surface area (Å²) < 4.78 is 0. The molecule has 1 atom stereocenters. The minimum absolute atomic E-state index is 0.367. The second kappa shape index (κ2) is 8.07. The summed E-state index contributed by atoms with van der Waals surface area (Å²) in [6.45, 7) is 0. The Kier molecular flexibility index (Phi) is 5.39. The first-order valence-electron chi connectivity index (χ1n) is 8.20. The molecule has 3 aromatic rings. The van der Waals surface area contributed by atoms with Gasteiger partial charge < -0.3 is 10.4 Å². The highest BCUT2D eigenvalue weighted by molar-refractivity contribution is 5.96. The average Bonchev–Trinajstić information content (AvgIpc) is 2.69. The number of pyridine rings is 1. The Bertz CT molecular complexity index is 828. The van der Waals surface area contributed by atoms with Gasteiger partial charge in [-0.1, -0.05) is 60.7 Å². The number of nitrogens with zero attached hydrogens (tertiary/aromatic N) is 1. The van der Waals surface area contributed by atoms with E-state index in [1.54, 1.807) is 12.1 Å². The molecule has 2 aromatic carbocycles. The van der Waals surface area contributed by atoms with E-state index in [-0.39, 0.29) is 0 Å². The molecule has 0 spiro atoms. The SMILES string of the molecule is O=C(N[C@H](C(=O)O)C(c1ccccc1)c1ccccc1)c1ccncc1. The van der Waals surface area contributed by atoms with Crippen LogP contribution in [-0.2, 0) is 4.79 Å². The summed E-state index contributed by atoms with van der Waals surface area (Å²) in [5.41, 5.74) is 2.01. The van der Waals surface area contributed by atoms with Crippen molar-refractivity contribution in [2.24, 2.45) is 0 Å². The Labute approximate surface area is 151 Å². The maximum absolute atomic E-state index is 12.5. The Hall–Kier alpha value is -3.47. The quantitative estimate of drug-likeness (QED) is 0.719. The van der Waals surface area contributed by atoms with E-state index in [1.165, 1.54) is 12.4 Å². The fourth-order valence-electron chi connectivity index (χ4n) is 2.91. The third-order valence-electron chi connectivity index (χ3n) is 4.15. The number of carbonyl (C=O) groups excluding carboxylic acids is 1. The fraction of sp³-hybridized carbons (Fsp3) is 0.0952. The second-order valence-corrected chi connectivity index (χ2v) is 5.82. The van der Waals surface area contributed by atoms with Gasteiger partial charge in [-0.05, 0) is 23.3 Å². The van der Waals surface area contributed by atoms with Crippen LogP contribution in [0.2, 0.25) is 0 Å². The van der Waals surface area contributed by atoms with Crippen LogP contribution in [0, 0.1) is 0 Å². The van der Waals surface area contributed by atoms with Gasteiger partial charge in [-0.25, -0.2) is 4.79 Å². The molecule has 2 N–H and O–H groups in total. The van der Waals surface area contributed by atoms with Gasteiger partial charge in [-0.3, -0.25) is 9.78 Å². The van der Waals surface area contributed by atoms with Gasteiger partial charge in [0.2, 0.25) is 0 Å². The molecule has 5 nitrogen and oxygen atoms in total. The molecule has 130 valence electrons. The van der Waals surface area contributed by atoms with Gasteiger partial charge in [0.05, 0.1) is 0 Å². The molecular weight excluding hydrogens is 328 g/mol. The number of carboxylic acids is 1. The maximum atomic E-state index is 12.5. The molecule has 0 saturated heterocycles. The van der Waals surface area contributed by atoms with Crippen molar-refractivity contribution in [3.05, 3.63) is 102 Å². The lowest BCUT2D eigenvalue weighted by molar-refractivity contribution is -0.139. The van der Waals surface area contributed by atoms with Crippen LogP contribution in [0.1, 0.15) is 27.4 Å². The number of carboxylic acid groups (broad SMARTS) is 1. The molecule has 26 heavy (non-hydrogen) atoms. The number of hydrogen-bond acceptors (Lipinski definition) is 3. The van der Waals surface area contributed by atoms with E-state index >= 15 is 0 Å². The molecule has 0 fully saturated rings. The van der Waals surface area contributed by atoms with Crippen molar-refractivity contribution in [2.45, 2.75) is 12.0 Å². The first-order valence-corrected chi connectivity index (χ1v) is 8.20. The number of amides is 1. The lowest BCUT2D eigenvalue weighted by Gasteiger charge is -2.26. The van der Waals surface area contributed by atoms with Crippen molar-refractivity contribution in [3.8, 4) is 0 Å². The van der Waals surface area contributed by atoms with Crippen LogP contribution in [0.5, 0.6) is 0 Å². The van der Waals surface area contributed by atoms with Gasteiger partial charge in [0.25, 0.3) is 5.91 Å². The van der Waals surface area contributed by atoms with Gasteiger partial charge in [-0.15, -0.1) is 0 Å². The summed E-state index contributed by atoms with van der Waals surface area (Å²) in [4.78, 5) is 28.4. The molecular formula is C21H18N2O3. The van der Waals surface area contributed by atoms with E-state index in [0.29, 0.717) is 5.56 Å². The molecule has 3 rings (SSSR count). The highest BCUT2D eigenvalue weighted by Crippen LogP contribution is 2.28. The van der Waals surface area contributed by atoms with Crippen LogP contribution in [0.15, 0.2) is 85.2 Å². The van der Waals surface area contributed by atoms with Crippen LogP contribution in [-0.4, -0.2) is 28.0 Å². The number of benzene rings is 2. The second-order valence-electron chi connectivity index (χ2n) is 5.82. The van der Waals surface area contributed by atoms with Gasteiger partial charge in [-0.2, -0.15) is 0 Å². The fourth-order valence-corrected chi connectivity index (χ4v) is 2.91. The molecule has 0 bridgehead atoms. The third-order valence-corrected chi connectivity index (χ3v) is 4.15. The standard InChI is InChI=1S/C21H18N2O3/c24-20(17-11-13-22-14-12-17)23-19(21(25)26)18(15-7-3-1-4-8-15)16-9-5-2-6-10-16/h1-14,18-19H,(H,23,24)(H,25,26)/t19-/m0/s1. The zero-order valence-electron chi connectivity index (χ0n) is 13.9. The number of carbonyl (C=O) groups is 2. The molecule has 0 aliphatic carbocycles. The van der Waals surface area contributed by atoms with Crippen LogP contribution in [0.25, 0.3) is 0 Å². The maximum Gasteiger partial charge on any atom is 0.327 e. The number of rotatable bonds is 6. The summed E-state index contributed by atoms with van der Waals surface area (Å²) in [5, 5.41) is 12.5. The van der Waals surface area contributed by atoms with E-state index < -0.39 is 23.8 Å². The predicted octanol–water partition coefficient (Wildman–Crippen LogP) is 3.10. The van der Waals surface area contributed by atoms with Crippen molar-refractivity contribution in [3.63, 3.8) is 0 Å². The molecule has 0 aliphatic heterocycles. The predicted molar refractivity (Wildman–Crippen MR) is 97.9 cm³/mol. The highest BCUT2D eigenvalue weighted by Gasteiger charge is 2.32. The third kappa shape index (κ3) is 3.95. The Morgan fingerprint density at radius 3 is 1.77 bits per heavy atom. The Morgan fingerprint density at radius 1 is 0.808 bits per heavy atom. The molecule has 0 radical (unpaired) electrons. The van der Waals surface area contributed by atoms with Crippen LogP contribution in [0.3, 0.4) is 0 Å². The number of aromatic nitrogens is 1. The first-order chi connectivity index (χ1) is 12.7. The van der Waals surface area contributed by atoms with Gasteiger partial charge in [0.1, 0.15) is 6.04 Å². The molecule has 5 heteroatoms. The van der Waals surface area contributed by atoms with E-state index in [1.807, 2.05) is 60.7 Å². The molecule has 0 aliphatic rings. The number of aliphatic carboxylic acids is 1. The average molecular weight is 346 g/mol. The Morgan fingerprint density at radius 2 is 1.31 bits per heavy atom. The summed E-state index contributed by atoms with van der Waals surface area (Å²) in [5.74, 6) is -2.05. The van der Waals surface area contributed by atoms with Crippen molar-refractivity contribution in [1.82, 2.24) is 10.3 Å². The molecule has 1 heterocycles. The summed E-state index contributed by atoms with van der Waals surface area (Å²) in [6.07, 6.45) is 2.99. The van der Waals surface area contributed by atoms with Crippen LogP contribution < -0.4 is 5.32 Å². The number of hydrogen-bond donors (Lipinski definition) is 2. The van der Waals surface area contributed by atoms with E-state index in [0.717, 1.165) is 11.1 Å². The van der Waals surface area contributed by atoms with Gasteiger partial charge in [0, 0.05) is 23.9 Å². The minimum Gasteiger partial charge on any atom is -0.480 e. The Balaban J connectivity index is 1.99. The largest absolute Gasteiger partial charge is 0.480 e. The molecule has 1 aromatic heterocycles. The normalized spacial score (nSPS) is 11.7. The van der Waals surface area contributed by atoms with Crippen LogP contribution in [0.4, 0.5) is 0 Å². The summed E-state index contributed by atoms with van der Waals surface area (Å²) in [7, 11) is 0. The van der Waals surface area contributed by atoms with Crippen molar-refractivity contribution < 1.29 is 14.7 Å². The lowest BCUT2D eigenvalue weighted by Crippen LogP contribution is -2.45. The van der Waals surface area contributed by atoms with E-state index in [9.17, 15) is 14.7 Å². The number of nitrogens with one attached hydrogen (secondary N) is 1. The molecule has 0 unspecified atom stereocenters. The van der Waals surface area contributed by atoms with Crippen LogP contribution >= 0.6 is 0 Å². The smallest absolute Gasteiger partial charge is 0.327 e. The topological polar surface area (TPSA) is 79.3 Å². The zero-order valence-corrected chi connectivity index (χ0v) is 13.9. The van der Waals surface area contributed by atoms with Crippen molar-refractivity contribution >= 4 is 11.9 Å². The van der Waals surface area contributed by atoms with Crippen molar-refractivity contribution in [2.75, 3.05) is 0 Å². The van der Waals surface area contributed by atoms with Gasteiger partial charge in [0.15, 0.2) is 0 Å².